The van der Waals surface area contributed by atoms with Crippen LogP contribution in [-0.4, -0.2) is 19.9 Å². The molecule has 0 radical (unpaired) electrons. The average Bonchev–Trinajstić information content (AvgIpc) is 2.33. The molecule has 0 bridgehead atoms. The van der Waals surface area contributed by atoms with Gasteiger partial charge in [-0.15, -0.1) is 0 Å². The van der Waals surface area contributed by atoms with Crippen LogP contribution in [0.25, 0.3) is 0 Å². The molecule has 0 atom stereocenters. The summed E-state index contributed by atoms with van der Waals surface area (Å²) in [5, 5.41) is 0.220. The van der Waals surface area contributed by atoms with Gasteiger partial charge in [0, 0.05) is 12.7 Å². The fraction of sp³-hybridized carbons (Fsp3) is 0.545. The number of aromatic nitrogens is 1. The highest BCUT2D eigenvalue weighted by molar-refractivity contribution is 7.89. The number of halogens is 2. The molecule has 4 nitrogen and oxygen atoms in total. The van der Waals surface area contributed by atoms with Crippen LogP contribution < -0.4 is 4.72 Å². The van der Waals surface area contributed by atoms with E-state index in [0.717, 1.165) is 12.8 Å². The van der Waals surface area contributed by atoms with Crippen molar-refractivity contribution in [1.82, 2.24) is 9.71 Å². The standard InChI is InChI=1S/C11H16Cl2N2O2S/c1-3-8(4-2)6-15-18(16,17)9-5-10(12)11(13)14-7-9/h5,7-8,15H,3-4,6H2,1-2H3. The molecule has 0 unspecified atom stereocenters. The predicted octanol–water partition coefficient (Wildman–Crippen LogP) is 3.10. The number of sulfonamides is 1. The van der Waals surface area contributed by atoms with Crippen LogP contribution in [0.2, 0.25) is 10.2 Å². The molecule has 7 heteroatoms. The van der Waals surface area contributed by atoms with E-state index in [1.165, 1.54) is 12.3 Å². The molecular formula is C11H16Cl2N2O2S. The second kappa shape index (κ2) is 6.70. The Balaban J connectivity index is 2.83. The third-order valence-corrected chi connectivity index (χ3v) is 4.87. The van der Waals surface area contributed by atoms with Crippen molar-refractivity contribution in [2.75, 3.05) is 6.54 Å². The van der Waals surface area contributed by atoms with Crippen molar-refractivity contribution in [1.29, 1.82) is 0 Å². The van der Waals surface area contributed by atoms with Gasteiger partial charge < -0.3 is 0 Å². The number of hydrogen-bond donors (Lipinski definition) is 1. The number of pyridine rings is 1. The Kier molecular flexibility index (Phi) is 5.85. The molecule has 1 heterocycles. The van der Waals surface area contributed by atoms with E-state index in [0.29, 0.717) is 12.5 Å². The number of nitrogens with zero attached hydrogens (tertiary/aromatic N) is 1. The van der Waals surface area contributed by atoms with E-state index in [1.54, 1.807) is 0 Å². The normalized spacial score (nSPS) is 12.1. The van der Waals surface area contributed by atoms with Gasteiger partial charge in [-0.1, -0.05) is 49.9 Å². The number of rotatable bonds is 6. The van der Waals surface area contributed by atoms with Crippen LogP contribution in [0.1, 0.15) is 26.7 Å². The fourth-order valence-electron chi connectivity index (χ4n) is 1.44. The molecule has 0 aliphatic rings. The van der Waals surface area contributed by atoms with Crippen LogP contribution in [0.4, 0.5) is 0 Å². The summed E-state index contributed by atoms with van der Waals surface area (Å²) >= 11 is 11.4. The van der Waals surface area contributed by atoms with Crippen LogP contribution in [0, 0.1) is 5.92 Å². The predicted molar refractivity (Wildman–Crippen MR) is 73.5 cm³/mol. The number of hydrogen-bond acceptors (Lipinski definition) is 3. The molecule has 0 saturated carbocycles. The van der Waals surface area contributed by atoms with Crippen molar-refractivity contribution in [3.8, 4) is 0 Å². The molecule has 1 N–H and O–H groups in total. The van der Waals surface area contributed by atoms with Crippen molar-refractivity contribution in [2.24, 2.45) is 5.92 Å². The molecule has 0 spiro atoms. The molecule has 0 saturated heterocycles. The minimum Gasteiger partial charge on any atom is -0.242 e. The first-order chi connectivity index (χ1) is 8.40. The van der Waals surface area contributed by atoms with Gasteiger partial charge in [0.1, 0.15) is 10.0 Å². The molecule has 1 rings (SSSR count). The van der Waals surface area contributed by atoms with Crippen LogP contribution in [0.3, 0.4) is 0 Å². The molecule has 102 valence electrons. The Hall–Kier alpha value is -0.360. The molecule has 0 aliphatic heterocycles. The summed E-state index contributed by atoms with van der Waals surface area (Å²) in [5.41, 5.74) is 0. The monoisotopic (exact) mass is 310 g/mol. The lowest BCUT2D eigenvalue weighted by Crippen LogP contribution is -2.29. The van der Waals surface area contributed by atoms with Crippen molar-refractivity contribution in [2.45, 2.75) is 31.6 Å². The summed E-state index contributed by atoms with van der Waals surface area (Å²) in [7, 11) is -3.57. The number of nitrogens with one attached hydrogen (secondary N) is 1. The average molecular weight is 311 g/mol. The highest BCUT2D eigenvalue weighted by Gasteiger charge is 2.17. The third kappa shape index (κ3) is 4.09. The van der Waals surface area contributed by atoms with Gasteiger partial charge in [-0.25, -0.2) is 18.1 Å². The van der Waals surface area contributed by atoms with E-state index >= 15 is 0 Å². The Bertz CT molecular complexity index is 502. The van der Waals surface area contributed by atoms with Gasteiger partial charge in [0.25, 0.3) is 0 Å². The zero-order valence-electron chi connectivity index (χ0n) is 10.3. The van der Waals surface area contributed by atoms with Crippen LogP contribution in [-0.2, 0) is 10.0 Å². The largest absolute Gasteiger partial charge is 0.242 e. The summed E-state index contributed by atoms with van der Waals surface area (Å²) in [6, 6.07) is 1.30. The van der Waals surface area contributed by atoms with Gasteiger partial charge in [0.15, 0.2) is 0 Å². The second-order valence-corrected chi connectivity index (χ2v) is 6.51. The van der Waals surface area contributed by atoms with Gasteiger partial charge in [-0.2, -0.15) is 0 Å². The Morgan fingerprint density at radius 1 is 1.33 bits per heavy atom. The zero-order valence-corrected chi connectivity index (χ0v) is 12.6. The first-order valence-electron chi connectivity index (χ1n) is 5.71. The van der Waals surface area contributed by atoms with E-state index < -0.39 is 10.0 Å². The van der Waals surface area contributed by atoms with Gasteiger partial charge in [-0.05, 0) is 12.0 Å². The maximum atomic E-state index is 12.0. The first-order valence-corrected chi connectivity index (χ1v) is 7.95. The Morgan fingerprint density at radius 3 is 2.44 bits per heavy atom. The maximum Gasteiger partial charge on any atom is 0.242 e. The van der Waals surface area contributed by atoms with Gasteiger partial charge >= 0.3 is 0 Å². The molecule has 0 amide bonds. The van der Waals surface area contributed by atoms with Crippen molar-refractivity contribution < 1.29 is 8.42 Å². The van der Waals surface area contributed by atoms with E-state index in [1.807, 2.05) is 13.8 Å². The van der Waals surface area contributed by atoms with Crippen molar-refractivity contribution in [3.63, 3.8) is 0 Å². The van der Waals surface area contributed by atoms with Crippen LogP contribution in [0.5, 0.6) is 0 Å². The molecule has 1 aromatic rings. The third-order valence-electron chi connectivity index (χ3n) is 2.80. The second-order valence-electron chi connectivity index (χ2n) is 3.98. The maximum absolute atomic E-state index is 12.0. The molecule has 0 aliphatic carbocycles. The van der Waals surface area contributed by atoms with Gasteiger partial charge in [-0.3, -0.25) is 0 Å². The van der Waals surface area contributed by atoms with E-state index in [2.05, 4.69) is 9.71 Å². The van der Waals surface area contributed by atoms with Crippen LogP contribution >= 0.6 is 23.2 Å². The fourth-order valence-corrected chi connectivity index (χ4v) is 2.86. The highest BCUT2D eigenvalue weighted by Crippen LogP contribution is 2.22. The minimum absolute atomic E-state index is 0.0304. The quantitative estimate of drug-likeness (QED) is 0.821. The van der Waals surface area contributed by atoms with Gasteiger partial charge in [0.2, 0.25) is 10.0 Å². The Morgan fingerprint density at radius 2 is 1.94 bits per heavy atom. The summed E-state index contributed by atoms with van der Waals surface area (Å²) in [5.74, 6) is 0.329. The minimum atomic E-state index is -3.57. The Labute approximate surface area is 118 Å². The smallest absolute Gasteiger partial charge is 0.242 e. The zero-order chi connectivity index (χ0) is 13.8. The lowest BCUT2D eigenvalue weighted by Gasteiger charge is -2.13. The van der Waals surface area contributed by atoms with Crippen LogP contribution in [0.15, 0.2) is 17.2 Å². The molecule has 0 aromatic carbocycles. The summed E-state index contributed by atoms with van der Waals surface area (Å²) in [4.78, 5) is 3.76. The van der Waals surface area contributed by atoms with Gasteiger partial charge in [0.05, 0.1) is 5.02 Å². The van der Waals surface area contributed by atoms with Crippen molar-refractivity contribution in [3.05, 3.63) is 22.4 Å². The highest BCUT2D eigenvalue weighted by atomic mass is 35.5. The molecule has 0 fully saturated rings. The topological polar surface area (TPSA) is 59.1 Å². The van der Waals surface area contributed by atoms with E-state index in [9.17, 15) is 8.42 Å². The summed E-state index contributed by atoms with van der Waals surface area (Å²) in [6.45, 7) is 4.47. The van der Waals surface area contributed by atoms with E-state index in [-0.39, 0.29) is 15.1 Å². The lowest BCUT2D eigenvalue weighted by atomic mass is 10.0. The van der Waals surface area contributed by atoms with E-state index in [4.69, 9.17) is 23.2 Å². The molecular weight excluding hydrogens is 295 g/mol. The summed E-state index contributed by atoms with van der Waals surface area (Å²) < 4.78 is 26.5. The van der Waals surface area contributed by atoms with Crippen molar-refractivity contribution >= 4 is 33.2 Å². The molecule has 1 aromatic heterocycles. The lowest BCUT2D eigenvalue weighted by molar-refractivity contribution is 0.479. The summed E-state index contributed by atoms with van der Waals surface area (Å²) in [6.07, 6.45) is 3.06. The SMILES string of the molecule is CCC(CC)CNS(=O)(=O)c1cnc(Cl)c(Cl)c1. The first kappa shape index (κ1) is 15.7. The molecule has 18 heavy (non-hydrogen) atoms.